The van der Waals surface area contributed by atoms with Crippen LogP contribution in [0.25, 0.3) is 0 Å². The molecule has 0 saturated heterocycles. The average molecular weight is 192 g/mol. The van der Waals surface area contributed by atoms with E-state index in [4.69, 9.17) is 13.9 Å². The molecule has 0 aromatic carbocycles. The normalized spacial score (nSPS) is 15.6. The van der Waals surface area contributed by atoms with Gasteiger partial charge in [-0.3, -0.25) is 4.79 Å². The Labute approximate surface area is 75.7 Å². The molecule has 0 aromatic rings. The van der Waals surface area contributed by atoms with Gasteiger partial charge in [0.1, 0.15) is 16.8 Å². The molecule has 0 radical (unpaired) electrons. The second kappa shape index (κ2) is 6.16. The zero-order valence-electron chi connectivity index (χ0n) is 7.99. The summed E-state index contributed by atoms with van der Waals surface area (Å²) in [5.74, 6) is -0.331. The molecular weight excluding hydrogens is 176 g/mol. The minimum Gasteiger partial charge on any atom is -0.436 e. The topological polar surface area (TPSA) is 44.8 Å². The fourth-order valence-corrected chi connectivity index (χ4v) is 0.773. The van der Waals surface area contributed by atoms with Gasteiger partial charge in [0, 0.05) is 13.3 Å². The lowest BCUT2D eigenvalue weighted by Crippen LogP contribution is -2.25. The maximum atomic E-state index is 10.5. The van der Waals surface area contributed by atoms with Crippen molar-refractivity contribution in [2.45, 2.75) is 39.8 Å². The zero-order valence-corrected chi connectivity index (χ0v) is 9.99. The Bertz CT molecular complexity index is 139. The van der Waals surface area contributed by atoms with Gasteiger partial charge < -0.3 is 13.9 Å². The van der Waals surface area contributed by atoms with Crippen LogP contribution in [0.2, 0.25) is 0 Å². The second-order valence-electron chi connectivity index (χ2n) is 2.39. The first-order valence-electron chi connectivity index (χ1n) is 3.95. The van der Waals surface area contributed by atoms with Crippen molar-refractivity contribution in [2.75, 3.05) is 0 Å². The van der Waals surface area contributed by atoms with Crippen LogP contribution in [0.15, 0.2) is 0 Å². The van der Waals surface area contributed by atoms with Crippen LogP contribution in [0.1, 0.15) is 27.2 Å². The molecule has 2 atom stereocenters. The molecule has 0 amide bonds. The molecule has 2 unspecified atom stereocenters. The number of rotatable bonds is 5. The number of ether oxygens (including phenoxy) is 2. The van der Waals surface area contributed by atoms with Gasteiger partial charge in [-0.25, -0.2) is 0 Å². The van der Waals surface area contributed by atoms with E-state index in [1.807, 2.05) is 6.92 Å². The maximum Gasteiger partial charge on any atom is 0.304 e. The molecule has 0 bridgehead atoms. The molecule has 0 spiro atoms. The number of hydrogen-bond donors (Lipinski definition) is 0. The van der Waals surface area contributed by atoms with Crippen molar-refractivity contribution in [3.05, 3.63) is 0 Å². The van der Waals surface area contributed by atoms with E-state index in [0.29, 0.717) is 16.9 Å². The van der Waals surface area contributed by atoms with Gasteiger partial charge in [0.05, 0.1) is 0 Å². The van der Waals surface area contributed by atoms with Crippen molar-refractivity contribution in [3.8, 4) is 0 Å². The summed E-state index contributed by atoms with van der Waals surface area (Å²) in [5.41, 5.74) is 0. The first kappa shape index (κ1) is 11.6. The number of esters is 1. The second-order valence-corrected chi connectivity index (χ2v) is 2.86. The van der Waals surface area contributed by atoms with E-state index in [1.165, 1.54) is 6.92 Å². The lowest BCUT2D eigenvalue weighted by atomic mass is 10.5. The smallest absolute Gasteiger partial charge is 0.304 e. The van der Waals surface area contributed by atoms with Gasteiger partial charge in [0.15, 0.2) is 0 Å². The van der Waals surface area contributed by atoms with Crippen LogP contribution in [0.4, 0.5) is 0 Å². The summed E-state index contributed by atoms with van der Waals surface area (Å²) in [6.45, 7) is 5.02. The van der Waals surface area contributed by atoms with Crippen molar-refractivity contribution >= 4 is 16.5 Å². The van der Waals surface area contributed by atoms with Crippen LogP contribution < -0.4 is 0 Å². The summed E-state index contributed by atoms with van der Waals surface area (Å²) in [4.78, 5) is 10.5. The molecule has 0 aliphatic heterocycles. The predicted molar refractivity (Wildman–Crippen MR) is 47.4 cm³/mol. The molecule has 12 heavy (non-hydrogen) atoms. The Balaban J connectivity index is 3.74. The summed E-state index contributed by atoms with van der Waals surface area (Å²) in [6.07, 6.45) is -0.137. The molecule has 0 N–H and O–H groups in total. The van der Waals surface area contributed by atoms with E-state index >= 15 is 0 Å². The van der Waals surface area contributed by atoms with Crippen LogP contribution in [-0.4, -0.2) is 29.0 Å². The zero-order chi connectivity index (χ0) is 9.56. The van der Waals surface area contributed by atoms with Crippen LogP contribution >= 0.6 is 0 Å². The van der Waals surface area contributed by atoms with Crippen LogP contribution in [0, 0.1) is 0 Å². The Morgan fingerprint density at radius 2 is 2.17 bits per heavy atom. The largest absolute Gasteiger partial charge is 0.436 e. The molecular formula is C7H16O4Si. The third-order valence-electron chi connectivity index (χ3n) is 1.31. The van der Waals surface area contributed by atoms with Crippen molar-refractivity contribution in [2.24, 2.45) is 0 Å². The molecule has 0 fully saturated rings. The van der Waals surface area contributed by atoms with Crippen LogP contribution in [0.5, 0.6) is 0 Å². The first-order chi connectivity index (χ1) is 5.60. The lowest BCUT2D eigenvalue weighted by Gasteiger charge is -2.19. The van der Waals surface area contributed by atoms with E-state index in [2.05, 4.69) is 0 Å². The standard InChI is InChI=1S/C7H16O4Si/c1-4-7(9-5(2)8)10-6(3)11-12/h6-7H,4H2,1-3,12H3. The average Bonchev–Trinajstić information content (AvgIpc) is 2.02. The monoisotopic (exact) mass is 192 g/mol. The summed E-state index contributed by atoms with van der Waals surface area (Å²) in [7, 11) is 0.614. The number of hydrogen-bond acceptors (Lipinski definition) is 4. The van der Waals surface area contributed by atoms with E-state index in [9.17, 15) is 4.79 Å². The highest BCUT2D eigenvalue weighted by Gasteiger charge is 2.12. The van der Waals surface area contributed by atoms with Crippen molar-refractivity contribution < 1.29 is 18.7 Å². The molecule has 0 aliphatic rings. The molecule has 72 valence electrons. The summed E-state index contributed by atoms with van der Waals surface area (Å²) < 4.78 is 15.1. The van der Waals surface area contributed by atoms with E-state index in [1.54, 1.807) is 6.92 Å². The Hall–Kier alpha value is -0.393. The fourth-order valence-electron chi connectivity index (χ4n) is 0.662. The summed E-state index contributed by atoms with van der Waals surface area (Å²) in [5, 5.41) is 0. The van der Waals surface area contributed by atoms with Crippen LogP contribution in [0.3, 0.4) is 0 Å². The quantitative estimate of drug-likeness (QED) is 0.348. The highest BCUT2D eigenvalue weighted by Crippen LogP contribution is 2.04. The highest BCUT2D eigenvalue weighted by atomic mass is 28.2. The van der Waals surface area contributed by atoms with Crippen molar-refractivity contribution in [1.29, 1.82) is 0 Å². The first-order valence-corrected chi connectivity index (χ1v) is 4.77. The molecule has 4 nitrogen and oxygen atoms in total. The molecule has 5 heteroatoms. The SMILES string of the molecule is CCC(OC(C)=O)OC(C)O[SiH3]. The maximum absolute atomic E-state index is 10.5. The minimum absolute atomic E-state index is 0.291. The number of carbonyl (C=O) groups is 1. The Morgan fingerprint density at radius 3 is 2.50 bits per heavy atom. The highest BCUT2D eigenvalue weighted by molar-refractivity contribution is 5.98. The molecule has 0 aromatic heterocycles. The lowest BCUT2D eigenvalue weighted by molar-refractivity contribution is -0.212. The van der Waals surface area contributed by atoms with Gasteiger partial charge in [-0.15, -0.1) is 0 Å². The van der Waals surface area contributed by atoms with E-state index in [-0.39, 0.29) is 12.3 Å². The van der Waals surface area contributed by atoms with Gasteiger partial charge in [-0.1, -0.05) is 6.92 Å². The van der Waals surface area contributed by atoms with E-state index < -0.39 is 6.29 Å². The number of carbonyl (C=O) groups excluding carboxylic acids is 1. The van der Waals surface area contributed by atoms with E-state index in [0.717, 1.165) is 0 Å². The third kappa shape index (κ3) is 5.28. The van der Waals surface area contributed by atoms with Crippen molar-refractivity contribution in [1.82, 2.24) is 0 Å². The predicted octanol–water partition coefficient (Wildman–Crippen LogP) is -0.0548. The molecule has 0 saturated carbocycles. The van der Waals surface area contributed by atoms with Crippen LogP contribution in [-0.2, 0) is 18.7 Å². The van der Waals surface area contributed by atoms with Gasteiger partial charge in [-0.2, -0.15) is 0 Å². The summed E-state index contributed by atoms with van der Waals surface area (Å²) >= 11 is 0. The minimum atomic E-state index is -0.480. The molecule has 0 rings (SSSR count). The Kier molecular flexibility index (Phi) is 5.96. The van der Waals surface area contributed by atoms with Gasteiger partial charge in [0.25, 0.3) is 0 Å². The molecule has 0 aliphatic carbocycles. The van der Waals surface area contributed by atoms with Crippen molar-refractivity contribution in [3.63, 3.8) is 0 Å². The molecule has 0 heterocycles. The fraction of sp³-hybridized carbons (Fsp3) is 0.857. The Morgan fingerprint density at radius 1 is 1.58 bits per heavy atom. The van der Waals surface area contributed by atoms with Gasteiger partial charge >= 0.3 is 5.97 Å². The summed E-state index contributed by atoms with van der Waals surface area (Å²) in [6, 6.07) is 0. The van der Waals surface area contributed by atoms with Gasteiger partial charge in [-0.05, 0) is 6.92 Å². The third-order valence-corrected chi connectivity index (χ3v) is 1.97. The van der Waals surface area contributed by atoms with Gasteiger partial charge in [0.2, 0.25) is 6.29 Å².